The number of fused-ring (bicyclic) bond motifs is 1. The highest BCUT2D eigenvalue weighted by atomic mass is 32.2. The summed E-state index contributed by atoms with van der Waals surface area (Å²) in [5.41, 5.74) is 3.18. The second-order valence-electron chi connectivity index (χ2n) is 7.43. The molecule has 1 heterocycles. The van der Waals surface area contributed by atoms with E-state index in [0.29, 0.717) is 30.8 Å². The molecule has 1 aliphatic rings. The number of ether oxygens (including phenoxy) is 2. The third kappa shape index (κ3) is 4.40. The van der Waals surface area contributed by atoms with Gasteiger partial charge in [-0.2, -0.15) is 0 Å². The number of rotatable bonds is 7. The maximum absolute atomic E-state index is 13.0. The van der Waals surface area contributed by atoms with Crippen LogP contribution in [0.1, 0.15) is 17.5 Å². The Bertz CT molecular complexity index is 1240. The van der Waals surface area contributed by atoms with Gasteiger partial charge >= 0.3 is 0 Å². The number of benzene rings is 3. The lowest BCUT2D eigenvalue weighted by Crippen LogP contribution is -2.34. The number of nitrogens with zero attached hydrogens (tertiary/aromatic N) is 1. The van der Waals surface area contributed by atoms with E-state index >= 15 is 0 Å². The van der Waals surface area contributed by atoms with Crippen molar-refractivity contribution < 1.29 is 22.7 Å². The number of hydrogen-bond acceptors (Lipinski definition) is 5. The largest absolute Gasteiger partial charge is 0.497 e. The first-order valence-corrected chi connectivity index (χ1v) is 11.6. The molecule has 0 saturated heterocycles. The van der Waals surface area contributed by atoms with Crippen LogP contribution in [0, 0.1) is 0 Å². The van der Waals surface area contributed by atoms with Crippen molar-refractivity contribution in [3.05, 3.63) is 77.9 Å². The Labute approximate surface area is 187 Å². The summed E-state index contributed by atoms with van der Waals surface area (Å²) in [6, 6.07) is 19.6. The van der Waals surface area contributed by atoms with Gasteiger partial charge in [0.2, 0.25) is 5.91 Å². The molecular weight excluding hydrogens is 428 g/mol. The molecule has 0 fully saturated rings. The molecule has 0 aliphatic carbocycles. The summed E-state index contributed by atoms with van der Waals surface area (Å²) in [6.07, 6.45) is 0.934. The molecule has 32 heavy (non-hydrogen) atoms. The fourth-order valence-corrected chi connectivity index (χ4v) is 4.97. The molecule has 0 spiro atoms. The average Bonchev–Trinajstić information content (AvgIpc) is 2.81. The Morgan fingerprint density at radius 1 is 0.938 bits per heavy atom. The zero-order chi connectivity index (χ0) is 22.7. The molecule has 1 aliphatic heterocycles. The van der Waals surface area contributed by atoms with Gasteiger partial charge in [-0.05, 0) is 47.9 Å². The maximum Gasteiger partial charge on any atom is 0.265 e. The van der Waals surface area contributed by atoms with Crippen molar-refractivity contribution in [1.29, 1.82) is 0 Å². The van der Waals surface area contributed by atoms with Crippen LogP contribution in [0.25, 0.3) is 0 Å². The second kappa shape index (κ2) is 8.92. The van der Waals surface area contributed by atoms with Crippen LogP contribution in [0.3, 0.4) is 0 Å². The van der Waals surface area contributed by atoms with Gasteiger partial charge in [0.25, 0.3) is 10.0 Å². The van der Waals surface area contributed by atoms with Crippen molar-refractivity contribution in [3.8, 4) is 11.5 Å². The van der Waals surface area contributed by atoms with Crippen molar-refractivity contribution in [2.45, 2.75) is 24.3 Å². The van der Waals surface area contributed by atoms with E-state index in [1.807, 2.05) is 30.3 Å². The number of nitrogens with one attached hydrogen (secondary N) is 1. The highest BCUT2D eigenvalue weighted by Crippen LogP contribution is 2.34. The quantitative estimate of drug-likeness (QED) is 0.586. The molecule has 7 nitrogen and oxygen atoms in total. The van der Waals surface area contributed by atoms with E-state index in [0.717, 1.165) is 16.8 Å². The Morgan fingerprint density at radius 3 is 2.44 bits per heavy atom. The predicted molar refractivity (Wildman–Crippen MR) is 123 cm³/mol. The predicted octanol–water partition coefficient (Wildman–Crippen LogP) is 3.98. The van der Waals surface area contributed by atoms with Gasteiger partial charge in [0.05, 0.1) is 20.8 Å². The van der Waals surface area contributed by atoms with Crippen molar-refractivity contribution in [2.75, 3.05) is 23.8 Å². The van der Waals surface area contributed by atoms with Crippen LogP contribution < -0.4 is 19.1 Å². The monoisotopic (exact) mass is 452 g/mol. The zero-order valence-corrected chi connectivity index (χ0v) is 18.7. The molecule has 3 aromatic rings. The molecule has 0 unspecified atom stereocenters. The summed E-state index contributed by atoms with van der Waals surface area (Å²) in [7, 11) is -0.984. The molecule has 0 radical (unpaired) electrons. The van der Waals surface area contributed by atoms with Gasteiger partial charge in [-0.3, -0.25) is 9.52 Å². The number of hydrogen-bond donors (Lipinski definition) is 1. The van der Waals surface area contributed by atoms with E-state index in [1.54, 1.807) is 29.2 Å². The lowest BCUT2D eigenvalue weighted by Gasteiger charge is -2.30. The van der Waals surface area contributed by atoms with E-state index in [1.165, 1.54) is 26.4 Å². The number of sulfonamides is 1. The molecule has 1 N–H and O–H groups in total. The first-order valence-electron chi connectivity index (χ1n) is 10.1. The Hall–Kier alpha value is -3.52. The number of carbonyl (C=O) groups excluding carboxylic acids is 1. The molecule has 0 bridgehead atoms. The third-order valence-corrected chi connectivity index (χ3v) is 6.80. The Kier molecular flexibility index (Phi) is 6.05. The molecule has 166 valence electrons. The van der Waals surface area contributed by atoms with Crippen molar-refractivity contribution in [3.63, 3.8) is 0 Å². The minimum Gasteiger partial charge on any atom is -0.497 e. The molecule has 0 atom stereocenters. The van der Waals surface area contributed by atoms with Crippen LogP contribution in [-0.4, -0.2) is 28.5 Å². The summed E-state index contributed by atoms with van der Waals surface area (Å²) in [4.78, 5) is 14.3. The Morgan fingerprint density at radius 2 is 1.72 bits per heavy atom. The van der Waals surface area contributed by atoms with Gasteiger partial charge in [0.15, 0.2) is 0 Å². The van der Waals surface area contributed by atoms with Crippen molar-refractivity contribution in [2.24, 2.45) is 0 Å². The lowest BCUT2D eigenvalue weighted by molar-refractivity contribution is -0.119. The fourth-order valence-electron chi connectivity index (χ4n) is 3.77. The zero-order valence-electron chi connectivity index (χ0n) is 17.9. The van der Waals surface area contributed by atoms with Crippen LogP contribution in [-0.2, 0) is 27.8 Å². The third-order valence-electron chi connectivity index (χ3n) is 5.38. The topological polar surface area (TPSA) is 84.9 Å². The van der Waals surface area contributed by atoms with Crippen molar-refractivity contribution >= 4 is 27.3 Å². The van der Waals surface area contributed by atoms with Crippen LogP contribution in [0.15, 0.2) is 71.6 Å². The maximum atomic E-state index is 13.0. The number of anilines is 2. The summed E-state index contributed by atoms with van der Waals surface area (Å²) in [5, 5.41) is 0. The van der Waals surface area contributed by atoms with Crippen LogP contribution in [0.4, 0.5) is 11.4 Å². The highest BCUT2D eigenvalue weighted by Gasteiger charge is 2.26. The number of carbonyl (C=O) groups is 1. The Balaban J connectivity index is 1.61. The fraction of sp³-hybridized carbons (Fsp3) is 0.208. The molecule has 3 aromatic carbocycles. The van der Waals surface area contributed by atoms with Gasteiger partial charge in [-0.15, -0.1) is 0 Å². The van der Waals surface area contributed by atoms with E-state index in [2.05, 4.69) is 4.72 Å². The summed E-state index contributed by atoms with van der Waals surface area (Å²) < 4.78 is 39.0. The van der Waals surface area contributed by atoms with Gasteiger partial charge in [0, 0.05) is 23.9 Å². The van der Waals surface area contributed by atoms with E-state index in [-0.39, 0.29) is 16.6 Å². The van der Waals surface area contributed by atoms with Gasteiger partial charge in [0.1, 0.15) is 16.4 Å². The molecule has 1 amide bonds. The van der Waals surface area contributed by atoms with Gasteiger partial charge in [-0.25, -0.2) is 8.42 Å². The number of amides is 1. The number of aryl methyl sites for hydroxylation is 1. The van der Waals surface area contributed by atoms with Gasteiger partial charge < -0.3 is 14.4 Å². The van der Waals surface area contributed by atoms with Crippen LogP contribution in [0.5, 0.6) is 11.5 Å². The highest BCUT2D eigenvalue weighted by molar-refractivity contribution is 7.92. The van der Waals surface area contributed by atoms with Crippen LogP contribution >= 0.6 is 0 Å². The summed E-state index contributed by atoms with van der Waals surface area (Å²) >= 11 is 0. The molecular formula is C24H24N2O5S. The number of methoxy groups -OCH3 is 2. The first-order chi connectivity index (χ1) is 15.4. The van der Waals surface area contributed by atoms with E-state index in [4.69, 9.17) is 9.47 Å². The lowest BCUT2D eigenvalue weighted by atomic mass is 10.00. The normalized spacial score (nSPS) is 13.4. The first kappa shape index (κ1) is 21.7. The summed E-state index contributed by atoms with van der Waals surface area (Å²) in [5.74, 6) is 0.741. The van der Waals surface area contributed by atoms with E-state index < -0.39 is 10.0 Å². The van der Waals surface area contributed by atoms with Crippen molar-refractivity contribution in [1.82, 2.24) is 0 Å². The summed E-state index contributed by atoms with van der Waals surface area (Å²) in [6.45, 7) is 0.473. The minimum absolute atomic E-state index is 0.0133. The SMILES string of the molecule is COc1ccc(S(=O)(=O)Nc2ccc3c(c2)CCC(=O)N3Cc2ccccc2)c(OC)c1. The standard InChI is InChI=1S/C24H24N2O5S/c1-30-20-10-12-23(22(15-20)31-2)32(28,29)25-19-9-11-21-18(14-19)8-13-24(27)26(21)16-17-6-4-3-5-7-17/h3-7,9-12,14-15,25H,8,13,16H2,1-2H3. The van der Waals surface area contributed by atoms with Crippen LogP contribution in [0.2, 0.25) is 0 Å². The smallest absolute Gasteiger partial charge is 0.265 e. The molecule has 0 saturated carbocycles. The second-order valence-corrected chi connectivity index (χ2v) is 9.08. The molecule has 0 aromatic heterocycles. The minimum atomic E-state index is -3.89. The molecule has 8 heteroatoms. The molecule has 4 rings (SSSR count). The van der Waals surface area contributed by atoms with Gasteiger partial charge in [-0.1, -0.05) is 30.3 Å². The van der Waals surface area contributed by atoms with E-state index in [9.17, 15) is 13.2 Å². The average molecular weight is 453 g/mol.